The second kappa shape index (κ2) is 4.74. The summed E-state index contributed by atoms with van der Waals surface area (Å²) < 4.78 is 15.4. The number of rotatable bonds is 4. The third-order valence-corrected chi connectivity index (χ3v) is 3.23. The lowest BCUT2D eigenvalue weighted by Gasteiger charge is -2.08. The molecule has 1 aromatic carbocycles. The van der Waals surface area contributed by atoms with Gasteiger partial charge in [-0.05, 0) is 50.5 Å². The molecule has 0 amide bonds. The van der Waals surface area contributed by atoms with E-state index in [1.165, 1.54) is 18.9 Å². The third-order valence-electron chi connectivity index (χ3n) is 3.23. The van der Waals surface area contributed by atoms with Gasteiger partial charge < -0.3 is 5.32 Å². The lowest BCUT2D eigenvalue weighted by atomic mass is 10.2. The standard InChI is InChI=1S/C14H17FN4/c1-9-17-10(2)19(18-9)14-6-11(5-12(15)7-14)8-16-13-3-4-13/h5-7,13,16H,3-4,8H2,1-2H3. The van der Waals surface area contributed by atoms with Crippen LogP contribution in [0.25, 0.3) is 5.69 Å². The van der Waals surface area contributed by atoms with E-state index < -0.39 is 0 Å². The second-order valence-corrected chi connectivity index (χ2v) is 5.09. The molecule has 100 valence electrons. The molecule has 0 aliphatic heterocycles. The van der Waals surface area contributed by atoms with Gasteiger partial charge in [-0.2, -0.15) is 5.10 Å². The predicted octanol–water partition coefficient (Wildman–Crippen LogP) is 2.28. The van der Waals surface area contributed by atoms with Crippen molar-refractivity contribution in [2.45, 2.75) is 39.3 Å². The number of halogens is 1. The normalized spacial score (nSPS) is 14.9. The van der Waals surface area contributed by atoms with Crippen LogP contribution >= 0.6 is 0 Å². The van der Waals surface area contributed by atoms with E-state index in [1.54, 1.807) is 10.7 Å². The molecule has 1 aromatic heterocycles. The van der Waals surface area contributed by atoms with Crippen molar-refractivity contribution in [3.8, 4) is 5.69 Å². The van der Waals surface area contributed by atoms with E-state index >= 15 is 0 Å². The third kappa shape index (κ3) is 2.81. The second-order valence-electron chi connectivity index (χ2n) is 5.09. The molecule has 1 aliphatic rings. The van der Waals surface area contributed by atoms with Gasteiger partial charge in [0, 0.05) is 12.6 Å². The number of aryl methyl sites for hydroxylation is 2. The molecule has 1 saturated carbocycles. The Kier molecular flexibility index (Phi) is 3.06. The van der Waals surface area contributed by atoms with Gasteiger partial charge in [0.05, 0.1) is 5.69 Å². The zero-order chi connectivity index (χ0) is 13.4. The van der Waals surface area contributed by atoms with Crippen molar-refractivity contribution in [2.75, 3.05) is 0 Å². The van der Waals surface area contributed by atoms with Gasteiger partial charge in [0.1, 0.15) is 17.5 Å². The topological polar surface area (TPSA) is 42.7 Å². The minimum Gasteiger partial charge on any atom is -0.310 e. The Hall–Kier alpha value is -1.75. The maximum atomic E-state index is 13.7. The van der Waals surface area contributed by atoms with E-state index in [0.29, 0.717) is 18.4 Å². The monoisotopic (exact) mass is 260 g/mol. The number of hydrogen-bond donors (Lipinski definition) is 1. The first-order valence-electron chi connectivity index (χ1n) is 6.55. The number of benzene rings is 1. The fourth-order valence-electron chi connectivity index (χ4n) is 2.17. The first-order valence-corrected chi connectivity index (χ1v) is 6.55. The molecular formula is C14H17FN4. The minimum absolute atomic E-state index is 0.238. The summed E-state index contributed by atoms with van der Waals surface area (Å²) in [5.74, 6) is 1.22. The molecule has 1 fully saturated rings. The van der Waals surface area contributed by atoms with Crippen LogP contribution in [-0.2, 0) is 6.54 Å². The van der Waals surface area contributed by atoms with E-state index in [1.807, 2.05) is 19.9 Å². The molecule has 19 heavy (non-hydrogen) atoms. The molecule has 0 bridgehead atoms. The fraction of sp³-hybridized carbons (Fsp3) is 0.429. The van der Waals surface area contributed by atoms with Crippen LogP contribution < -0.4 is 5.32 Å². The van der Waals surface area contributed by atoms with Crippen molar-refractivity contribution in [1.29, 1.82) is 0 Å². The molecule has 0 saturated heterocycles. The minimum atomic E-state index is -0.238. The molecule has 0 radical (unpaired) electrons. The first-order chi connectivity index (χ1) is 9.11. The van der Waals surface area contributed by atoms with Crippen LogP contribution in [0.3, 0.4) is 0 Å². The summed E-state index contributed by atoms with van der Waals surface area (Å²) in [5, 5.41) is 7.68. The molecule has 5 heteroatoms. The van der Waals surface area contributed by atoms with Gasteiger partial charge in [-0.25, -0.2) is 14.1 Å². The highest BCUT2D eigenvalue weighted by molar-refractivity contribution is 5.36. The van der Waals surface area contributed by atoms with Gasteiger partial charge >= 0.3 is 0 Å². The van der Waals surface area contributed by atoms with Crippen LogP contribution in [0.1, 0.15) is 30.1 Å². The Bertz CT molecular complexity index is 601. The Morgan fingerprint density at radius 3 is 2.74 bits per heavy atom. The molecule has 0 atom stereocenters. The van der Waals surface area contributed by atoms with E-state index in [2.05, 4.69) is 15.4 Å². The number of nitrogens with zero attached hydrogens (tertiary/aromatic N) is 3. The van der Waals surface area contributed by atoms with Crippen LogP contribution in [0, 0.1) is 19.7 Å². The van der Waals surface area contributed by atoms with Crippen LogP contribution in [0.4, 0.5) is 4.39 Å². The van der Waals surface area contributed by atoms with Gasteiger partial charge in [-0.3, -0.25) is 0 Å². The van der Waals surface area contributed by atoms with Crippen LogP contribution in [0.2, 0.25) is 0 Å². The first kappa shape index (κ1) is 12.3. The Morgan fingerprint density at radius 1 is 1.32 bits per heavy atom. The molecule has 0 spiro atoms. The van der Waals surface area contributed by atoms with E-state index in [9.17, 15) is 4.39 Å². The average Bonchev–Trinajstić information content (AvgIpc) is 3.11. The van der Waals surface area contributed by atoms with E-state index in [4.69, 9.17) is 0 Å². The average molecular weight is 260 g/mol. The molecule has 2 aromatic rings. The summed E-state index contributed by atoms with van der Waals surface area (Å²) in [5.41, 5.74) is 1.67. The molecule has 1 N–H and O–H groups in total. The Morgan fingerprint density at radius 2 is 2.11 bits per heavy atom. The summed E-state index contributed by atoms with van der Waals surface area (Å²) in [6, 6.07) is 5.63. The lowest BCUT2D eigenvalue weighted by Crippen LogP contribution is -2.15. The van der Waals surface area contributed by atoms with Crippen LogP contribution in [0.15, 0.2) is 18.2 Å². The lowest BCUT2D eigenvalue weighted by molar-refractivity contribution is 0.616. The van der Waals surface area contributed by atoms with Crippen molar-refractivity contribution in [2.24, 2.45) is 0 Å². The molecule has 3 rings (SSSR count). The number of hydrogen-bond acceptors (Lipinski definition) is 3. The quantitative estimate of drug-likeness (QED) is 0.917. The zero-order valence-corrected chi connectivity index (χ0v) is 11.2. The van der Waals surface area contributed by atoms with Gasteiger partial charge in [0.2, 0.25) is 0 Å². The maximum absolute atomic E-state index is 13.7. The maximum Gasteiger partial charge on any atom is 0.148 e. The van der Waals surface area contributed by atoms with Gasteiger partial charge in [-0.15, -0.1) is 0 Å². The molecule has 4 nitrogen and oxygen atoms in total. The Labute approximate surface area is 111 Å². The largest absolute Gasteiger partial charge is 0.310 e. The highest BCUT2D eigenvalue weighted by Gasteiger charge is 2.20. The van der Waals surface area contributed by atoms with Crippen molar-refractivity contribution >= 4 is 0 Å². The van der Waals surface area contributed by atoms with Crippen LogP contribution in [-0.4, -0.2) is 20.8 Å². The fourth-order valence-corrected chi connectivity index (χ4v) is 2.17. The van der Waals surface area contributed by atoms with Crippen LogP contribution in [0.5, 0.6) is 0 Å². The summed E-state index contributed by atoms with van der Waals surface area (Å²) in [4.78, 5) is 4.24. The molecule has 0 unspecified atom stereocenters. The number of aromatic nitrogens is 3. The summed E-state index contributed by atoms with van der Waals surface area (Å²) in [7, 11) is 0. The van der Waals surface area contributed by atoms with Gasteiger partial charge in [0.15, 0.2) is 0 Å². The predicted molar refractivity (Wildman–Crippen MR) is 70.7 cm³/mol. The van der Waals surface area contributed by atoms with Crippen molar-refractivity contribution in [1.82, 2.24) is 20.1 Å². The van der Waals surface area contributed by atoms with Crippen molar-refractivity contribution in [3.05, 3.63) is 41.2 Å². The summed E-state index contributed by atoms with van der Waals surface area (Å²) >= 11 is 0. The SMILES string of the molecule is Cc1nc(C)n(-c2cc(F)cc(CNC3CC3)c2)n1. The van der Waals surface area contributed by atoms with E-state index in [0.717, 1.165) is 17.1 Å². The molecular weight excluding hydrogens is 243 g/mol. The molecule has 1 aliphatic carbocycles. The summed E-state index contributed by atoms with van der Waals surface area (Å²) in [6.07, 6.45) is 2.45. The highest BCUT2D eigenvalue weighted by Crippen LogP contribution is 2.20. The smallest absolute Gasteiger partial charge is 0.148 e. The summed E-state index contributed by atoms with van der Waals surface area (Å²) in [6.45, 7) is 4.40. The Balaban J connectivity index is 1.89. The van der Waals surface area contributed by atoms with Gasteiger partial charge in [0.25, 0.3) is 0 Å². The zero-order valence-electron chi connectivity index (χ0n) is 11.2. The van der Waals surface area contributed by atoms with Crippen molar-refractivity contribution in [3.63, 3.8) is 0 Å². The van der Waals surface area contributed by atoms with Crippen molar-refractivity contribution < 1.29 is 4.39 Å². The highest BCUT2D eigenvalue weighted by atomic mass is 19.1. The number of nitrogens with one attached hydrogen (secondary N) is 1. The van der Waals surface area contributed by atoms with Gasteiger partial charge in [-0.1, -0.05) is 0 Å². The molecule has 1 heterocycles. The van der Waals surface area contributed by atoms with E-state index in [-0.39, 0.29) is 5.82 Å².